The van der Waals surface area contributed by atoms with Gasteiger partial charge in [-0.3, -0.25) is 9.78 Å². The molecule has 2 aromatic rings. The van der Waals surface area contributed by atoms with E-state index in [1.165, 1.54) is 13.1 Å². The van der Waals surface area contributed by atoms with Crippen molar-refractivity contribution in [1.29, 1.82) is 0 Å². The molecule has 2 aromatic heterocycles. The first-order valence-electron chi connectivity index (χ1n) is 5.75. The van der Waals surface area contributed by atoms with Crippen molar-refractivity contribution in [3.8, 4) is 5.88 Å². The van der Waals surface area contributed by atoms with Crippen molar-refractivity contribution in [2.75, 3.05) is 6.61 Å². The molecule has 0 fully saturated rings. The Bertz CT molecular complexity index is 509. The Kier molecular flexibility index (Phi) is 4.02. The average Bonchev–Trinajstić information content (AvgIpc) is 2.40. The first-order valence-corrected chi connectivity index (χ1v) is 5.75. The van der Waals surface area contributed by atoms with E-state index in [0.29, 0.717) is 18.1 Å². The summed E-state index contributed by atoms with van der Waals surface area (Å²) in [7, 11) is 0. The van der Waals surface area contributed by atoms with Crippen LogP contribution in [0.1, 0.15) is 23.0 Å². The summed E-state index contributed by atoms with van der Waals surface area (Å²) in [5.41, 5.74) is 1.57. The molecule has 2 rings (SSSR count). The minimum Gasteiger partial charge on any atom is -0.477 e. The third kappa shape index (κ3) is 3.38. The molecule has 0 spiro atoms. The summed E-state index contributed by atoms with van der Waals surface area (Å²) in [6, 6.07) is 9.20. The molecule has 2 heterocycles. The lowest BCUT2D eigenvalue weighted by atomic mass is 10.2. The zero-order chi connectivity index (χ0) is 12.8. The van der Waals surface area contributed by atoms with Gasteiger partial charge >= 0.3 is 0 Å². The van der Waals surface area contributed by atoms with Crippen LogP contribution in [0.5, 0.6) is 5.88 Å². The smallest absolute Gasteiger partial charge is 0.213 e. The van der Waals surface area contributed by atoms with Crippen LogP contribution in [0.25, 0.3) is 0 Å². The van der Waals surface area contributed by atoms with Crippen molar-refractivity contribution < 1.29 is 9.53 Å². The predicted molar refractivity (Wildman–Crippen MR) is 67.7 cm³/mol. The molecule has 0 aliphatic rings. The number of pyridine rings is 2. The van der Waals surface area contributed by atoms with Crippen LogP contribution < -0.4 is 4.74 Å². The number of hydrogen-bond acceptors (Lipinski definition) is 4. The lowest BCUT2D eigenvalue weighted by Crippen LogP contribution is -2.04. The van der Waals surface area contributed by atoms with Gasteiger partial charge in [-0.25, -0.2) is 4.98 Å². The number of rotatable bonds is 5. The molecular weight excluding hydrogens is 228 g/mol. The molecule has 0 aromatic carbocycles. The Labute approximate surface area is 106 Å². The Morgan fingerprint density at radius 2 is 2.11 bits per heavy atom. The average molecular weight is 242 g/mol. The Balaban J connectivity index is 1.85. The van der Waals surface area contributed by atoms with Crippen LogP contribution in [0.3, 0.4) is 0 Å². The SMILES string of the molecule is CC(=O)c1ccc(OCCc2ccccn2)nc1. The van der Waals surface area contributed by atoms with Crippen LogP contribution in [0.2, 0.25) is 0 Å². The fourth-order valence-electron chi connectivity index (χ4n) is 1.48. The van der Waals surface area contributed by atoms with Gasteiger partial charge in [-0.05, 0) is 25.1 Å². The summed E-state index contributed by atoms with van der Waals surface area (Å²) in [4.78, 5) is 19.3. The van der Waals surface area contributed by atoms with E-state index >= 15 is 0 Å². The quantitative estimate of drug-likeness (QED) is 0.755. The van der Waals surface area contributed by atoms with Gasteiger partial charge in [-0.2, -0.15) is 0 Å². The van der Waals surface area contributed by atoms with E-state index in [1.807, 2.05) is 18.2 Å². The molecule has 0 atom stereocenters. The van der Waals surface area contributed by atoms with E-state index in [9.17, 15) is 4.79 Å². The summed E-state index contributed by atoms with van der Waals surface area (Å²) in [5.74, 6) is 0.526. The van der Waals surface area contributed by atoms with Crippen molar-refractivity contribution in [2.24, 2.45) is 0 Å². The molecule has 0 amide bonds. The molecule has 92 valence electrons. The van der Waals surface area contributed by atoms with E-state index < -0.39 is 0 Å². The number of ether oxygens (including phenoxy) is 1. The summed E-state index contributed by atoms with van der Waals surface area (Å²) in [6.45, 7) is 2.03. The highest BCUT2D eigenvalue weighted by atomic mass is 16.5. The fourth-order valence-corrected chi connectivity index (χ4v) is 1.48. The summed E-state index contributed by atoms with van der Waals surface area (Å²) in [5, 5.41) is 0. The van der Waals surface area contributed by atoms with Gasteiger partial charge in [0.25, 0.3) is 0 Å². The summed E-state index contributed by atoms with van der Waals surface area (Å²) >= 11 is 0. The zero-order valence-electron chi connectivity index (χ0n) is 10.2. The Morgan fingerprint density at radius 3 is 2.72 bits per heavy atom. The van der Waals surface area contributed by atoms with Gasteiger partial charge in [0, 0.05) is 36.1 Å². The highest BCUT2D eigenvalue weighted by Crippen LogP contribution is 2.08. The number of hydrogen-bond donors (Lipinski definition) is 0. The van der Waals surface area contributed by atoms with Crippen LogP contribution in [-0.2, 0) is 6.42 Å². The molecule has 0 bridgehead atoms. The van der Waals surface area contributed by atoms with Gasteiger partial charge in [-0.15, -0.1) is 0 Å². The maximum Gasteiger partial charge on any atom is 0.213 e. The number of nitrogens with zero attached hydrogens (tertiary/aromatic N) is 2. The van der Waals surface area contributed by atoms with Gasteiger partial charge < -0.3 is 4.74 Å². The molecule has 0 N–H and O–H groups in total. The monoisotopic (exact) mass is 242 g/mol. The minimum absolute atomic E-state index is 0.00235. The van der Waals surface area contributed by atoms with Crippen LogP contribution in [0.15, 0.2) is 42.7 Å². The van der Waals surface area contributed by atoms with E-state index in [2.05, 4.69) is 9.97 Å². The molecule has 4 nitrogen and oxygen atoms in total. The molecule has 18 heavy (non-hydrogen) atoms. The number of carbonyl (C=O) groups is 1. The van der Waals surface area contributed by atoms with Gasteiger partial charge in [0.15, 0.2) is 5.78 Å². The van der Waals surface area contributed by atoms with Crippen LogP contribution in [0.4, 0.5) is 0 Å². The highest BCUT2D eigenvalue weighted by Gasteiger charge is 2.01. The van der Waals surface area contributed by atoms with Crippen molar-refractivity contribution in [1.82, 2.24) is 9.97 Å². The fraction of sp³-hybridized carbons (Fsp3) is 0.214. The number of aromatic nitrogens is 2. The lowest BCUT2D eigenvalue weighted by Gasteiger charge is -2.05. The minimum atomic E-state index is 0.00235. The summed E-state index contributed by atoms with van der Waals surface area (Å²) in [6.07, 6.45) is 4.02. The maximum absolute atomic E-state index is 11.1. The van der Waals surface area contributed by atoms with E-state index in [0.717, 1.165) is 12.1 Å². The Hall–Kier alpha value is -2.23. The molecular formula is C14H14N2O2. The molecule has 0 unspecified atom stereocenters. The third-order valence-corrected chi connectivity index (χ3v) is 2.48. The molecule has 0 saturated carbocycles. The molecule has 0 aliphatic carbocycles. The summed E-state index contributed by atoms with van der Waals surface area (Å²) < 4.78 is 5.48. The number of carbonyl (C=O) groups excluding carboxylic acids is 1. The number of ketones is 1. The second-order valence-electron chi connectivity index (χ2n) is 3.86. The van der Waals surface area contributed by atoms with Crippen LogP contribution >= 0.6 is 0 Å². The third-order valence-electron chi connectivity index (χ3n) is 2.48. The molecule has 4 heteroatoms. The van der Waals surface area contributed by atoms with Gasteiger partial charge in [0.1, 0.15) is 0 Å². The topological polar surface area (TPSA) is 52.1 Å². The molecule has 0 aliphatic heterocycles. The van der Waals surface area contributed by atoms with Gasteiger partial charge in [0.05, 0.1) is 6.61 Å². The van der Waals surface area contributed by atoms with E-state index in [-0.39, 0.29) is 5.78 Å². The first kappa shape index (κ1) is 12.2. The van der Waals surface area contributed by atoms with Gasteiger partial charge in [0.2, 0.25) is 5.88 Å². The Morgan fingerprint density at radius 1 is 1.22 bits per heavy atom. The largest absolute Gasteiger partial charge is 0.477 e. The molecule has 0 saturated heterocycles. The second-order valence-corrected chi connectivity index (χ2v) is 3.86. The molecule has 0 radical (unpaired) electrons. The van der Waals surface area contributed by atoms with Crippen molar-refractivity contribution >= 4 is 5.78 Å². The van der Waals surface area contributed by atoms with Crippen molar-refractivity contribution in [2.45, 2.75) is 13.3 Å². The zero-order valence-corrected chi connectivity index (χ0v) is 10.2. The van der Waals surface area contributed by atoms with E-state index in [1.54, 1.807) is 18.3 Å². The standard InChI is InChI=1S/C14H14N2O2/c1-11(17)12-5-6-14(16-10-12)18-9-7-13-4-2-3-8-15-13/h2-6,8,10H,7,9H2,1H3. The second kappa shape index (κ2) is 5.91. The van der Waals surface area contributed by atoms with Crippen LogP contribution in [0, 0.1) is 0 Å². The predicted octanol–water partition coefficient (Wildman–Crippen LogP) is 2.30. The van der Waals surface area contributed by atoms with Crippen molar-refractivity contribution in [3.05, 3.63) is 54.0 Å². The number of Topliss-reactive ketones (excluding diaryl/α,β-unsaturated/α-hetero) is 1. The normalized spacial score (nSPS) is 10.1. The first-order chi connectivity index (χ1) is 8.75. The van der Waals surface area contributed by atoms with Crippen LogP contribution in [-0.4, -0.2) is 22.4 Å². The highest BCUT2D eigenvalue weighted by molar-refractivity contribution is 5.93. The van der Waals surface area contributed by atoms with Crippen molar-refractivity contribution in [3.63, 3.8) is 0 Å². The van der Waals surface area contributed by atoms with E-state index in [4.69, 9.17) is 4.74 Å². The van der Waals surface area contributed by atoms with Gasteiger partial charge in [-0.1, -0.05) is 6.07 Å². The maximum atomic E-state index is 11.1. The lowest BCUT2D eigenvalue weighted by molar-refractivity contribution is 0.101.